The molecule has 3 aromatic rings. The monoisotopic (exact) mass is 467 g/mol. The van der Waals surface area contributed by atoms with Crippen LogP contribution in [0.5, 0.6) is 0 Å². The molecule has 1 N–H and O–H groups in total. The summed E-state index contributed by atoms with van der Waals surface area (Å²) < 4.78 is 2.10. The zero-order valence-electron chi connectivity index (χ0n) is 19.3. The minimum absolute atomic E-state index is 0.0199. The molecule has 0 spiro atoms. The van der Waals surface area contributed by atoms with Crippen molar-refractivity contribution < 1.29 is 9.59 Å². The third kappa shape index (κ3) is 5.54. The van der Waals surface area contributed by atoms with Crippen LogP contribution in [-0.2, 0) is 18.4 Å². The fraction of sp³-hybridized carbons (Fsp3) is 0.400. The van der Waals surface area contributed by atoms with Crippen molar-refractivity contribution in [3.63, 3.8) is 0 Å². The molecule has 0 atom stereocenters. The standard InChI is InChI=1S/C25H30ClN5O2/c1-17(2)14-24(32)27-20-8-9-22-21(15-20)28-23(29(22)3)16-30-10-12-31(13-11-30)25(33)18-4-6-19(26)7-5-18/h4-9,15,17H,10-14,16H2,1-3H3,(H,27,32). The molecule has 8 heteroatoms. The van der Waals surface area contributed by atoms with Crippen LogP contribution in [0.25, 0.3) is 11.0 Å². The molecule has 0 radical (unpaired) electrons. The number of halogens is 1. The molecular weight excluding hydrogens is 438 g/mol. The predicted octanol–water partition coefficient (Wildman–Crippen LogP) is 4.17. The molecule has 1 fully saturated rings. The first-order chi connectivity index (χ1) is 15.8. The van der Waals surface area contributed by atoms with E-state index in [0.29, 0.717) is 42.6 Å². The molecule has 1 aliphatic rings. The number of aryl methyl sites for hydroxylation is 1. The molecule has 1 aromatic heterocycles. The van der Waals surface area contributed by atoms with Crippen LogP contribution in [0.1, 0.15) is 36.5 Å². The lowest BCUT2D eigenvalue weighted by molar-refractivity contribution is -0.116. The molecule has 0 unspecified atom stereocenters. The summed E-state index contributed by atoms with van der Waals surface area (Å²) in [6.07, 6.45) is 0.498. The van der Waals surface area contributed by atoms with Crippen LogP contribution in [0, 0.1) is 5.92 Å². The molecule has 0 aliphatic carbocycles. The number of piperazine rings is 1. The third-order valence-corrected chi connectivity index (χ3v) is 6.22. The molecule has 2 aromatic carbocycles. The van der Waals surface area contributed by atoms with Crippen molar-refractivity contribution in [2.24, 2.45) is 13.0 Å². The van der Waals surface area contributed by atoms with E-state index in [2.05, 4.69) is 14.8 Å². The van der Waals surface area contributed by atoms with Gasteiger partial charge in [-0.1, -0.05) is 25.4 Å². The van der Waals surface area contributed by atoms with Crippen LogP contribution >= 0.6 is 11.6 Å². The summed E-state index contributed by atoms with van der Waals surface area (Å²) >= 11 is 5.93. The summed E-state index contributed by atoms with van der Waals surface area (Å²) in [5.74, 6) is 1.35. The van der Waals surface area contributed by atoms with Crippen LogP contribution in [0.2, 0.25) is 5.02 Å². The highest BCUT2D eigenvalue weighted by Gasteiger charge is 2.23. The number of fused-ring (bicyclic) bond motifs is 1. The van der Waals surface area contributed by atoms with Crippen LogP contribution in [0.15, 0.2) is 42.5 Å². The van der Waals surface area contributed by atoms with Crippen molar-refractivity contribution in [2.45, 2.75) is 26.8 Å². The first-order valence-corrected chi connectivity index (χ1v) is 11.7. The average Bonchev–Trinajstić information content (AvgIpc) is 3.08. The highest BCUT2D eigenvalue weighted by molar-refractivity contribution is 6.30. The Balaban J connectivity index is 1.38. The van der Waals surface area contributed by atoms with Gasteiger partial charge in [-0.2, -0.15) is 0 Å². The van der Waals surface area contributed by atoms with Gasteiger partial charge in [-0.25, -0.2) is 4.98 Å². The van der Waals surface area contributed by atoms with E-state index in [-0.39, 0.29) is 11.8 Å². The van der Waals surface area contributed by atoms with Gasteiger partial charge in [0.2, 0.25) is 5.91 Å². The Hall–Kier alpha value is -2.90. The van der Waals surface area contributed by atoms with E-state index in [0.717, 1.165) is 35.6 Å². The van der Waals surface area contributed by atoms with Gasteiger partial charge in [0, 0.05) is 55.9 Å². The van der Waals surface area contributed by atoms with Gasteiger partial charge in [0.25, 0.3) is 5.91 Å². The van der Waals surface area contributed by atoms with E-state index in [9.17, 15) is 9.59 Å². The lowest BCUT2D eigenvalue weighted by Crippen LogP contribution is -2.48. The van der Waals surface area contributed by atoms with Crippen molar-refractivity contribution in [3.8, 4) is 0 Å². The number of nitrogens with one attached hydrogen (secondary N) is 1. The highest BCUT2D eigenvalue weighted by Crippen LogP contribution is 2.22. The van der Waals surface area contributed by atoms with Crippen molar-refractivity contribution in [1.29, 1.82) is 0 Å². The average molecular weight is 468 g/mol. The van der Waals surface area contributed by atoms with E-state index in [4.69, 9.17) is 16.6 Å². The van der Waals surface area contributed by atoms with Crippen molar-refractivity contribution in [1.82, 2.24) is 19.4 Å². The molecule has 0 bridgehead atoms. The molecule has 2 heterocycles. The van der Waals surface area contributed by atoms with Gasteiger partial charge in [-0.15, -0.1) is 0 Å². The Labute approximate surface area is 199 Å². The van der Waals surface area contributed by atoms with Gasteiger partial charge in [-0.3, -0.25) is 14.5 Å². The molecule has 2 amide bonds. The second kappa shape index (κ2) is 9.93. The molecular formula is C25H30ClN5O2. The van der Waals surface area contributed by atoms with Crippen molar-refractivity contribution in [3.05, 3.63) is 58.9 Å². The highest BCUT2D eigenvalue weighted by atomic mass is 35.5. The summed E-state index contributed by atoms with van der Waals surface area (Å²) in [5.41, 5.74) is 3.33. The van der Waals surface area contributed by atoms with E-state index in [1.165, 1.54) is 0 Å². The van der Waals surface area contributed by atoms with Crippen LogP contribution < -0.4 is 5.32 Å². The zero-order chi connectivity index (χ0) is 23.5. The second-order valence-corrected chi connectivity index (χ2v) is 9.45. The normalized spacial score (nSPS) is 14.8. The van der Waals surface area contributed by atoms with E-state index < -0.39 is 0 Å². The molecule has 4 rings (SSSR count). The largest absolute Gasteiger partial charge is 0.336 e. The number of carbonyl (C=O) groups is 2. The number of hydrogen-bond acceptors (Lipinski definition) is 4. The number of anilines is 1. The molecule has 174 valence electrons. The Morgan fingerprint density at radius 2 is 1.76 bits per heavy atom. The molecule has 1 aliphatic heterocycles. The number of rotatable bonds is 6. The number of benzene rings is 2. The Kier molecular flexibility index (Phi) is 7.00. The predicted molar refractivity (Wildman–Crippen MR) is 131 cm³/mol. The maximum absolute atomic E-state index is 12.7. The van der Waals surface area contributed by atoms with E-state index >= 15 is 0 Å². The third-order valence-electron chi connectivity index (χ3n) is 5.97. The summed E-state index contributed by atoms with van der Waals surface area (Å²) in [6, 6.07) is 12.9. The van der Waals surface area contributed by atoms with Crippen molar-refractivity contribution in [2.75, 3.05) is 31.5 Å². The van der Waals surface area contributed by atoms with Gasteiger partial charge >= 0.3 is 0 Å². The topological polar surface area (TPSA) is 70.5 Å². The maximum atomic E-state index is 12.7. The van der Waals surface area contributed by atoms with Gasteiger partial charge < -0.3 is 14.8 Å². The number of nitrogens with zero attached hydrogens (tertiary/aromatic N) is 4. The van der Waals surface area contributed by atoms with Crippen LogP contribution in [0.3, 0.4) is 0 Å². The quantitative estimate of drug-likeness (QED) is 0.590. The Morgan fingerprint density at radius 3 is 2.42 bits per heavy atom. The number of aromatic nitrogens is 2. The van der Waals surface area contributed by atoms with Gasteiger partial charge in [-0.05, 0) is 48.4 Å². The fourth-order valence-electron chi connectivity index (χ4n) is 4.14. The first-order valence-electron chi connectivity index (χ1n) is 11.3. The Morgan fingerprint density at radius 1 is 1.06 bits per heavy atom. The van der Waals surface area contributed by atoms with E-state index in [1.54, 1.807) is 24.3 Å². The van der Waals surface area contributed by atoms with E-state index in [1.807, 2.05) is 44.0 Å². The SMILES string of the molecule is CC(C)CC(=O)Nc1ccc2c(c1)nc(CN1CCN(C(=O)c3ccc(Cl)cc3)CC1)n2C. The molecule has 0 saturated carbocycles. The second-order valence-electron chi connectivity index (χ2n) is 9.01. The van der Waals surface area contributed by atoms with Gasteiger partial charge in [0.1, 0.15) is 5.82 Å². The lowest BCUT2D eigenvalue weighted by Gasteiger charge is -2.34. The molecule has 7 nitrogen and oxygen atoms in total. The van der Waals surface area contributed by atoms with Crippen LogP contribution in [-0.4, -0.2) is 57.3 Å². The minimum atomic E-state index is 0.0199. The lowest BCUT2D eigenvalue weighted by atomic mass is 10.1. The summed E-state index contributed by atoms with van der Waals surface area (Å²) in [6.45, 7) is 7.71. The number of hydrogen-bond donors (Lipinski definition) is 1. The number of carbonyl (C=O) groups excluding carboxylic acids is 2. The van der Waals surface area contributed by atoms with Gasteiger partial charge in [0.05, 0.1) is 17.6 Å². The first kappa shape index (κ1) is 23.3. The van der Waals surface area contributed by atoms with Crippen molar-refractivity contribution >= 4 is 40.1 Å². The maximum Gasteiger partial charge on any atom is 0.253 e. The molecule has 33 heavy (non-hydrogen) atoms. The fourth-order valence-corrected chi connectivity index (χ4v) is 4.26. The summed E-state index contributed by atoms with van der Waals surface area (Å²) in [7, 11) is 2.02. The zero-order valence-corrected chi connectivity index (χ0v) is 20.1. The minimum Gasteiger partial charge on any atom is -0.336 e. The summed E-state index contributed by atoms with van der Waals surface area (Å²) in [5, 5.41) is 3.59. The Bertz CT molecular complexity index is 1150. The van der Waals surface area contributed by atoms with Crippen LogP contribution in [0.4, 0.5) is 5.69 Å². The molecule has 1 saturated heterocycles. The number of imidazole rings is 1. The number of amides is 2. The van der Waals surface area contributed by atoms with Gasteiger partial charge in [0.15, 0.2) is 0 Å². The summed E-state index contributed by atoms with van der Waals surface area (Å²) in [4.78, 5) is 33.9. The smallest absolute Gasteiger partial charge is 0.253 e.